The average molecular weight is 443 g/mol. The minimum atomic E-state index is -4.52. The first-order valence-electron chi connectivity index (χ1n) is 9.30. The zero-order valence-electron chi connectivity index (χ0n) is 16.0. The third-order valence-corrected chi connectivity index (χ3v) is 5.88. The molecule has 31 heavy (non-hydrogen) atoms. The summed E-state index contributed by atoms with van der Waals surface area (Å²) in [5, 5.41) is 12.3. The van der Waals surface area contributed by atoms with Crippen LogP contribution < -0.4 is 0 Å². The minimum Gasteiger partial charge on any atom is -0.503 e. The number of Topliss-reactive ketones (excluding diaryl/α,β-unsaturated/α-hetero) is 1. The predicted molar refractivity (Wildman–Crippen MR) is 109 cm³/mol. The van der Waals surface area contributed by atoms with Crippen LogP contribution in [0.25, 0.3) is 0 Å². The van der Waals surface area contributed by atoms with Crippen molar-refractivity contribution in [3.05, 3.63) is 105 Å². The number of hydrogen-bond acceptors (Lipinski definition) is 4. The number of aliphatic hydroxyl groups is 1. The third-order valence-electron chi connectivity index (χ3n) is 5.02. The number of aliphatic hydroxyl groups excluding tert-OH is 1. The predicted octanol–water partition coefficient (Wildman–Crippen LogP) is 5.55. The lowest BCUT2D eigenvalue weighted by Gasteiger charge is -2.27. The highest BCUT2D eigenvalue weighted by atomic mass is 32.1. The van der Waals surface area contributed by atoms with Gasteiger partial charge < -0.3 is 10.0 Å². The van der Waals surface area contributed by atoms with Crippen LogP contribution in [0.5, 0.6) is 0 Å². The summed E-state index contributed by atoms with van der Waals surface area (Å²) in [5.41, 5.74) is -0.0980. The van der Waals surface area contributed by atoms with Crippen molar-refractivity contribution < 1.29 is 27.9 Å². The van der Waals surface area contributed by atoms with Crippen molar-refractivity contribution >= 4 is 23.0 Å². The number of hydrogen-bond donors (Lipinski definition) is 1. The van der Waals surface area contributed by atoms with Crippen molar-refractivity contribution in [3.8, 4) is 0 Å². The molecule has 1 aliphatic heterocycles. The molecule has 1 aromatic heterocycles. The number of halogens is 3. The molecule has 158 valence electrons. The normalized spacial score (nSPS) is 16.8. The van der Waals surface area contributed by atoms with Gasteiger partial charge in [-0.05, 0) is 34.7 Å². The number of rotatable bonds is 5. The van der Waals surface area contributed by atoms with Gasteiger partial charge >= 0.3 is 6.18 Å². The summed E-state index contributed by atoms with van der Waals surface area (Å²) in [7, 11) is 0. The molecule has 0 fully saturated rings. The van der Waals surface area contributed by atoms with Crippen LogP contribution in [-0.4, -0.2) is 21.7 Å². The minimum absolute atomic E-state index is 0.0781. The molecular formula is C23H16F3NO3S. The number of thiophene rings is 1. The van der Waals surface area contributed by atoms with Crippen LogP contribution >= 0.6 is 11.3 Å². The summed E-state index contributed by atoms with van der Waals surface area (Å²) in [5.74, 6) is -1.97. The lowest BCUT2D eigenvalue weighted by atomic mass is 9.95. The molecule has 0 spiro atoms. The smallest absolute Gasteiger partial charge is 0.416 e. The van der Waals surface area contributed by atoms with Crippen LogP contribution in [0.4, 0.5) is 13.2 Å². The SMILES string of the molecule is O=C(C1=C(O)C(=O)N(Cc2cccc(C(F)(F)F)c2)C1c1ccccc1)c1cccs1. The van der Waals surface area contributed by atoms with Crippen LogP contribution in [0.15, 0.2) is 83.4 Å². The van der Waals surface area contributed by atoms with E-state index >= 15 is 0 Å². The maximum Gasteiger partial charge on any atom is 0.416 e. The molecule has 4 nitrogen and oxygen atoms in total. The van der Waals surface area contributed by atoms with Crippen molar-refractivity contribution in [2.24, 2.45) is 0 Å². The third kappa shape index (κ3) is 3.98. The number of carbonyl (C=O) groups is 2. The standard InChI is InChI=1S/C23H16F3NO3S/c24-23(25,26)16-9-4-6-14(12-16)13-27-19(15-7-2-1-3-8-15)18(21(29)22(27)30)20(28)17-10-5-11-31-17/h1-12,19,29H,13H2. The summed E-state index contributed by atoms with van der Waals surface area (Å²) < 4.78 is 39.3. The molecule has 4 rings (SSSR count). The molecule has 8 heteroatoms. The molecule has 1 aliphatic rings. The van der Waals surface area contributed by atoms with Gasteiger partial charge in [0.1, 0.15) is 0 Å². The summed E-state index contributed by atoms with van der Waals surface area (Å²) in [6, 6.07) is 15.6. The zero-order valence-corrected chi connectivity index (χ0v) is 16.8. The van der Waals surface area contributed by atoms with Crippen LogP contribution in [0.1, 0.15) is 32.4 Å². The van der Waals surface area contributed by atoms with E-state index in [0.29, 0.717) is 10.4 Å². The average Bonchev–Trinajstić information content (AvgIpc) is 3.37. The van der Waals surface area contributed by atoms with Gasteiger partial charge in [-0.2, -0.15) is 13.2 Å². The van der Waals surface area contributed by atoms with Crippen molar-refractivity contribution in [3.63, 3.8) is 0 Å². The van der Waals surface area contributed by atoms with Gasteiger partial charge in [-0.3, -0.25) is 9.59 Å². The molecule has 0 bridgehead atoms. The second-order valence-electron chi connectivity index (χ2n) is 7.01. The summed E-state index contributed by atoms with van der Waals surface area (Å²) in [6.07, 6.45) is -4.52. The van der Waals surface area contributed by atoms with Gasteiger partial charge in [0.15, 0.2) is 5.76 Å². The Morgan fingerprint density at radius 2 is 1.77 bits per heavy atom. The maximum atomic E-state index is 13.1. The van der Waals surface area contributed by atoms with E-state index in [1.54, 1.807) is 47.8 Å². The number of amides is 1. The Morgan fingerprint density at radius 3 is 2.42 bits per heavy atom. The fourth-order valence-corrected chi connectivity index (χ4v) is 4.29. The van der Waals surface area contributed by atoms with Crippen LogP contribution in [0, 0.1) is 0 Å². The topological polar surface area (TPSA) is 57.6 Å². The number of nitrogens with zero attached hydrogens (tertiary/aromatic N) is 1. The lowest BCUT2D eigenvalue weighted by molar-refractivity contribution is -0.137. The Morgan fingerprint density at radius 1 is 1.03 bits per heavy atom. The Labute approximate surface area is 179 Å². The highest BCUT2D eigenvalue weighted by Gasteiger charge is 2.44. The summed E-state index contributed by atoms with van der Waals surface area (Å²) >= 11 is 1.18. The monoisotopic (exact) mass is 443 g/mol. The summed E-state index contributed by atoms with van der Waals surface area (Å²) in [6.45, 7) is -0.201. The van der Waals surface area contributed by atoms with E-state index in [0.717, 1.165) is 12.1 Å². The van der Waals surface area contributed by atoms with Crippen molar-refractivity contribution in [2.75, 3.05) is 0 Å². The highest BCUT2D eigenvalue weighted by molar-refractivity contribution is 7.12. The van der Waals surface area contributed by atoms with E-state index in [2.05, 4.69) is 0 Å². The number of carbonyl (C=O) groups excluding carboxylic acids is 2. The molecule has 0 saturated heterocycles. The van der Waals surface area contributed by atoms with Crippen LogP contribution in [0.2, 0.25) is 0 Å². The van der Waals surface area contributed by atoms with Gasteiger partial charge in [0.25, 0.3) is 5.91 Å². The van der Waals surface area contributed by atoms with E-state index in [1.165, 1.54) is 28.4 Å². The van der Waals surface area contributed by atoms with Gasteiger partial charge in [-0.25, -0.2) is 0 Å². The summed E-state index contributed by atoms with van der Waals surface area (Å²) in [4.78, 5) is 27.6. The molecule has 0 saturated carbocycles. The van der Waals surface area contributed by atoms with Gasteiger partial charge in [0.2, 0.25) is 5.78 Å². The molecular weight excluding hydrogens is 427 g/mol. The van der Waals surface area contributed by atoms with Crippen molar-refractivity contribution in [1.82, 2.24) is 4.90 Å². The molecule has 2 aromatic carbocycles. The second kappa shape index (κ2) is 8.03. The van der Waals surface area contributed by atoms with E-state index < -0.39 is 35.2 Å². The Hall–Kier alpha value is -3.39. The second-order valence-corrected chi connectivity index (χ2v) is 7.96. The van der Waals surface area contributed by atoms with Crippen molar-refractivity contribution in [1.29, 1.82) is 0 Å². The number of ketones is 1. The van der Waals surface area contributed by atoms with E-state index in [1.807, 2.05) is 0 Å². The molecule has 1 amide bonds. The van der Waals surface area contributed by atoms with Gasteiger partial charge in [-0.15, -0.1) is 11.3 Å². The molecule has 0 radical (unpaired) electrons. The zero-order chi connectivity index (χ0) is 22.2. The van der Waals surface area contributed by atoms with E-state index in [4.69, 9.17) is 0 Å². The Kier molecular flexibility index (Phi) is 5.41. The Bertz CT molecular complexity index is 1150. The van der Waals surface area contributed by atoms with Gasteiger partial charge in [-0.1, -0.05) is 48.5 Å². The number of alkyl halides is 3. The first-order chi connectivity index (χ1) is 14.8. The Balaban J connectivity index is 1.76. The van der Waals surface area contributed by atoms with Crippen LogP contribution in [0.3, 0.4) is 0 Å². The molecule has 1 N–H and O–H groups in total. The first-order valence-corrected chi connectivity index (χ1v) is 10.2. The molecule has 2 heterocycles. The molecule has 3 aromatic rings. The molecule has 1 atom stereocenters. The number of benzene rings is 2. The molecule has 0 aliphatic carbocycles. The maximum absolute atomic E-state index is 13.1. The lowest BCUT2D eigenvalue weighted by Crippen LogP contribution is -2.30. The van der Waals surface area contributed by atoms with E-state index in [9.17, 15) is 27.9 Å². The first kappa shape index (κ1) is 20.9. The van der Waals surface area contributed by atoms with E-state index in [-0.39, 0.29) is 17.7 Å². The fraction of sp³-hybridized carbons (Fsp3) is 0.130. The van der Waals surface area contributed by atoms with Crippen molar-refractivity contribution in [2.45, 2.75) is 18.8 Å². The molecule has 1 unspecified atom stereocenters. The van der Waals surface area contributed by atoms with Gasteiger partial charge in [0, 0.05) is 6.54 Å². The largest absolute Gasteiger partial charge is 0.503 e. The van der Waals surface area contributed by atoms with Gasteiger partial charge in [0.05, 0.1) is 22.1 Å². The quantitative estimate of drug-likeness (QED) is 0.527. The van der Waals surface area contributed by atoms with Crippen LogP contribution in [-0.2, 0) is 17.5 Å². The highest BCUT2D eigenvalue weighted by Crippen LogP contribution is 2.40. The fourth-order valence-electron chi connectivity index (χ4n) is 3.61.